The molecule has 2 amide bonds. The summed E-state index contributed by atoms with van der Waals surface area (Å²) in [5, 5.41) is 2.95. The lowest BCUT2D eigenvalue weighted by Gasteiger charge is -2.33. The van der Waals surface area contributed by atoms with Crippen LogP contribution in [0.3, 0.4) is 0 Å². The van der Waals surface area contributed by atoms with Crippen LogP contribution in [0.4, 0.5) is 5.69 Å². The number of ether oxygens (including phenoxy) is 1. The minimum atomic E-state index is -4.20. The molecule has 0 aliphatic heterocycles. The van der Waals surface area contributed by atoms with E-state index in [0.717, 1.165) is 21.0 Å². The van der Waals surface area contributed by atoms with Crippen molar-refractivity contribution in [3.05, 3.63) is 87.9 Å². The number of nitrogens with zero attached hydrogens (tertiary/aromatic N) is 2. The van der Waals surface area contributed by atoms with Crippen molar-refractivity contribution in [2.24, 2.45) is 5.92 Å². The molecule has 0 bridgehead atoms. The van der Waals surface area contributed by atoms with Crippen molar-refractivity contribution in [3.63, 3.8) is 0 Å². The monoisotopic (exact) mass is 657 g/mol. The van der Waals surface area contributed by atoms with E-state index >= 15 is 0 Å². The van der Waals surface area contributed by atoms with Gasteiger partial charge in [0.1, 0.15) is 18.3 Å². The Kier molecular flexibility index (Phi) is 11.6. The van der Waals surface area contributed by atoms with E-state index in [4.69, 9.17) is 4.74 Å². The van der Waals surface area contributed by atoms with E-state index in [2.05, 4.69) is 21.2 Å². The Bertz CT molecular complexity index is 1470. The Hall–Kier alpha value is -3.37. The van der Waals surface area contributed by atoms with Crippen LogP contribution in [0.25, 0.3) is 0 Å². The van der Waals surface area contributed by atoms with Gasteiger partial charge in [0.25, 0.3) is 10.0 Å². The van der Waals surface area contributed by atoms with Crippen LogP contribution in [-0.4, -0.2) is 51.4 Å². The molecule has 0 radical (unpaired) electrons. The van der Waals surface area contributed by atoms with Crippen molar-refractivity contribution in [2.45, 2.75) is 58.5 Å². The van der Waals surface area contributed by atoms with Gasteiger partial charge in [-0.2, -0.15) is 0 Å². The molecule has 0 unspecified atom stereocenters. The van der Waals surface area contributed by atoms with E-state index in [1.54, 1.807) is 30.3 Å². The summed E-state index contributed by atoms with van der Waals surface area (Å²) in [5.41, 5.74) is 3.20. The lowest BCUT2D eigenvalue weighted by Crippen LogP contribution is -2.52. The molecule has 0 aliphatic carbocycles. The van der Waals surface area contributed by atoms with Crippen LogP contribution in [0.1, 0.15) is 43.9 Å². The molecule has 0 aliphatic rings. The maximum atomic E-state index is 14.2. The van der Waals surface area contributed by atoms with Gasteiger partial charge in [0, 0.05) is 13.1 Å². The molecular weight excluding hydrogens is 618 g/mol. The number of benzene rings is 3. The number of anilines is 1. The normalized spacial score (nSPS) is 12.1. The third-order valence-electron chi connectivity index (χ3n) is 6.86. The Balaban J connectivity index is 2.06. The Morgan fingerprint density at radius 1 is 0.952 bits per heavy atom. The summed E-state index contributed by atoms with van der Waals surface area (Å²) in [5.74, 6) is -0.0394. The standard InChI is InChI=1S/C32H40BrN3O5S/c1-7-29(32(38)34-19-22(2)3)35(20-25-12-8-23(4)9-13-25)31(37)21-36(26-14-10-24(5)11-15-26)42(39,40)27-16-17-30(41-6)28(33)18-27/h8-18,22,29H,7,19-21H2,1-6H3,(H,34,38)/t29-/m0/s1. The van der Waals surface area contributed by atoms with Crippen molar-refractivity contribution in [1.29, 1.82) is 0 Å². The smallest absolute Gasteiger partial charge is 0.264 e. The number of methoxy groups -OCH3 is 1. The molecule has 3 aromatic carbocycles. The van der Waals surface area contributed by atoms with Crippen molar-refractivity contribution >= 4 is 43.5 Å². The maximum Gasteiger partial charge on any atom is 0.264 e. The zero-order valence-electron chi connectivity index (χ0n) is 25.1. The lowest BCUT2D eigenvalue weighted by molar-refractivity contribution is -0.140. The van der Waals surface area contributed by atoms with Gasteiger partial charge in [-0.05, 0) is 78.0 Å². The maximum absolute atomic E-state index is 14.2. The number of amides is 2. The van der Waals surface area contributed by atoms with Crippen LogP contribution in [0, 0.1) is 19.8 Å². The Labute approximate surface area is 258 Å². The summed E-state index contributed by atoms with van der Waals surface area (Å²) in [4.78, 5) is 29.0. The number of hydrogen-bond acceptors (Lipinski definition) is 5. The van der Waals surface area contributed by atoms with Gasteiger partial charge >= 0.3 is 0 Å². The molecule has 10 heteroatoms. The van der Waals surface area contributed by atoms with Gasteiger partial charge in [-0.1, -0.05) is 68.3 Å². The van der Waals surface area contributed by atoms with Gasteiger partial charge in [0.05, 0.1) is 22.2 Å². The molecule has 0 saturated heterocycles. The molecule has 3 aromatic rings. The molecule has 8 nitrogen and oxygen atoms in total. The number of nitrogens with one attached hydrogen (secondary N) is 1. The van der Waals surface area contributed by atoms with Gasteiger partial charge in [0.2, 0.25) is 11.8 Å². The average Bonchev–Trinajstić information content (AvgIpc) is 2.96. The molecule has 1 atom stereocenters. The highest BCUT2D eigenvalue weighted by Crippen LogP contribution is 2.31. The van der Waals surface area contributed by atoms with Crippen molar-refractivity contribution in [3.8, 4) is 5.75 Å². The molecule has 0 heterocycles. The van der Waals surface area contributed by atoms with E-state index in [1.807, 2.05) is 58.9 Å². The first-order chi connectivity index (χ1) is 19.9. The molecule has 42 heavy (non-hydrogen) atoms. The van der Waals surface area contributed by atoms with Crippen LogP contribution in [-0.2, 0) is 26.2 Å². The molecule has 226 valence electrons. The summed E-state index contributed by atoms with van der Waals surface area (Å²) >= 11 is 3.37. The number of hydrogen-bond donors (Lipinski definition) is 1. The van der Waals surface area contributed by atoms with E-state index in [9.17, 15) is 18.0 Å². The molecule has 0 aromatic heterocycles. The second-order valence-corrected chi connectivity index (χ2v) is 13.4. The zero-order chi connectivity index (χ0) is 31.0. The molecular formula is C32H40BrN3O5S. The number of carbonyl (C=O) groups is 2. The number of carbonyl (C=O) groups excluding carboxylic acids is 2. The highest BCUT2D eigenvalue weighted by atomic mass is 79.9. The third kappa shape index (κ3) is 8.35. The summed E-state index contributed by atoms with van der Waals surface area (Å²) in [6.07, 6.45) is 0.365. The topological polar surface area (TPSA) is 96.0 Å². The second kappa shape index (κ2) is 14.7. The predicted octanol–water partition coefficient (Wildman–Crippen LogP) is 5.85. The fourth-order valence-electron chi connectivity index (χ4n) is 4.41. The van der Waals surface area contributed by atoms with Crippen LogP contribution in [0.2, 0.25) is 0 Å². The largest absolute Gasteiger partial charge is 0.496 e. The van der Waals surface area contributed by atoms with E-state index < -0.39 is 28.5 Å². The van der Waals surface area contributed by atoms with Gasteiger partial charge in [-0.25, -0.2) is 8.42 Å². The van der Waals surface area contributed by atoms with E-state index in [-0.39, 0.29) is 23.3 Å². The highest BCUT2D eigenvalue weighted by Gasteiger charge is 2.34. The van der Waals surface area contributed by atoms with Crippen molar-refractivity contribution in [1.82, 2.24) is 10.2 Å². The molecule has 0 saturated carbocycles. The van der Waals surface area contributed by atoms with Gasteiger partial charge < -0.3 is 15.0 Å². The minimum absolute atomic E-state index is 0.00430. The third-order valence-corrected chi connectivity index (χ3v) is 9.25. The zero-order valence-corrected chi connectivity index (χ0v) is 27.5. The predicted molar refractivity (Wildman–Crippen MR) is 170 cm³/mol. The van der Waals surface area contributed by atoms with E-state index in [1.165, 1.54) is 24.1 Å². The first-order valence-corrected chi connectivity index (χ1v) is 16.2. The number of sulfonamides is 1. The Morgan fingerprint density at radius 3 is 2.07 bits per heavy atom. The van der Waals surface area contributed by atoms with E-state index in [0.29, 0.717) is 28.9 Å². The minimum Gasteiger partial charge on any atom is -0.496 e. The number of aryl methyl sites for hydroxylation is 2. The van der Waals surface area contributed by atoms with Crippen LogP contribution < -0.4 is 14.4 Å². The van der Waals surface area contributed by atoms with Crippen LogP contribution in [0.5, 0.6) is 5.75 Å². The molecule has 0 spiro atoms. The second-order valence-electron chi connectivity index (χ2n) is 10.7. The summed E-state index contributed by atoms with van der Waals surface area (Å²) in [6.45, 7) is 9.85. The quantitative estimate of drug-likeness (QED) is 0.249. The first kappa shape index (κ1) is 33.1. The van der Waals surface area contributed by atoms with Gasteiger partial charge in [-0.15, -0.1) is 0 Å². The molecule has 0 fully saturated rings. The SMILES string of the molecule is CC[C@@H](C(=O)NCC(C)C)N(Cc1ccc(C)cc1)C(=O)CN(c1ccc(C)cc1)S(=O)(=O)c1ccc(OC)c(Br)c1. The van der Waals surface area contributed by atoms with Gasteiger partial charge in [0.15, 0.2) is 0 Å². The molecule has 1 N–H and O–H groups in total. The van der Waals surface area contributed by atoms with Crippen molar-refractivity contribution in [2.75, 3.05) is 24.5 Å². The number of halogens is 1. The van der Waals surface area contributed by atoms with Crippen LogP contribution in [0.15, 0.2) is 76.1 Å². The average molecular weight is 659 g/mol. The highest BCUT2D eigenvalue weighted by molar-refractivity contribution is 9.10. The fourth-order valence-corrected chi connectivity index (χ4v) is 6.54. The summed E-state index contributed by atoms with van der Waals surface area (Å²) in [6, 6.07) is 18.3. The van der Waals surface area contributed by atoms with Gasteiger partial charge in [-0.3, -0.25) is 13.9 Å². The fraction of sp³-hybridized carbons (Fsp3) is 0.375. The van der Waals surface area contributed by atoms with Crippen molar-refractivity contribution < 1.29 is 22.7 Å². The molecule has 3 rings (SSSR count). The lowest BCUT2D eigenvalue weighted by atomic mass is 10.1. The number of rotatable bonds is 13. The van der Waals surface area contributed by atoms with Crippen LogP contribution >= 0.6 is 15.9 Å². The summed E-state index contributed by atoms with van der Waals surface area (Å²) in [7, 11) is -2.70. The first-order valence-electron chi connectivity index (χ1n) is 13.9. The summed E-state index contributed by atoms with van der Waals surface area (Å²) < 4.78 is 35.0. The Morgan fingerprint density at radius 2 is 1.55 bits per heavy atom.